The Bertz CT molecular complexity index is 400. The molecule has 21 heavy (non-hydrogen) atoms. The second kappa shape index (κ2) is 8.43. The molecule has 1 rings (SSSR count). The van der Waals surface area contributed by atoms with Gasteiger partial charge in [-0.15, -0.1) is 0 Å². The molecule has 0 aromatic heterocycles. The van der Waals surface area contributed by atoms with Crippen molar-refractivity contribution >= 4 is 10.2 Å². The molecule has 6 nitrogen and oxygen atoms in total. The monoisotopic (exact) mass is 321 g/mol. The van der Waals surface area contributed by atoms with Gasteiger partial charge in [0.05, 0.1) is 12.7 Å². The predicted octanol–water partition coefficient (Wildman–Crippen LogP) is 1.05. The zero-order valence-corrected chi connectivity index (χ0v) is 14.8. The Morgan fingerprint density at radius 2 is 2.10 bits per heavy atom. The Kier molecular flexibility index (Phi) is 7.56. The lowest BCUT2D eigenvalue weighted by molar-refractivity contribution is -0.0248. The zero-order valence-electron chi connectivity index (χ0n) is 14.0. The summed E-state index contributed by atoms with van der Waals surface area (Å²) in [6.45, 7) is 10.4. The van der Waals surface area contributed by atoms with E-state index in [1.54, 1.807) is 11.4 Å². The molecule has 0 amide bonds. The van der Waals surface area contributed by atoms with Crippen LogP contribution in [0, 0.1) is 0 Å². The Labute approximate surface area is 130 Å². The van der Waals surface area contributed by atoms with Gasteiger partial charge in [0.2, 0.25) is 0 Å². The number of nitrogens with zero attached hydrogens (tertiary/aromatic N) is 2. The van der Waals surface area contributed by atoms with Gasteiger partial charge in [-0.3, -0.25) is 0 Å². The lowest BCUT2D eigenvalue weighted by Gasteiger charge is -2.39. The fraction of sp³-hybridized carbons (Fsp3) is 1.00. The van der Waals surface area contributed by atoms with Crippen LogP contribution < -0.4 is 5.32 Å². The highest BCUT2D eigenvalue weighted by Crippen LogP contribution is 2.20. The number of ether oxygens (including phenoxy) is 1. The fourth-order valence-corrected chi connectivity index (χ4v) is 4.11. The number of morpholine rings is 1. The van der Waals surface area contributed by atoms with Gasteiger partial charge in [0, 0.05) is 32.2 Å². The van der Waals surface area contributed by atoms with E-state index in [0.717, 1.165) is 19.4 Å². The lowest BCUT2D eigenvalue weighted by Crippen LogP contribution is -2.55. The molecule has 0 aliphatic carbocycles. The van der Waals surface area contributed by atoms with Gasteiger partial charge in [0.25, 0.3) is 10.2 Å². The molecule has 0 bridgehead atoms. The van der Waals surface area contributed by atoms with Crippen LogP contribution in [0.3, 0.4) is 0 Å². The Morgan fingerprint density at radius 1 is 1.43 bits per heavy atom. The lowest BCUT2D eigenvalue weighted by atomic mass is 10.2. The molecule has 1 heterocycles. The summed E-state index contributed by atoms with van der Waals surface area (Å²) in [7, 11) is -1.73. The van der Waals surface area contributed by atoms with E-state index in [2.05, 4.69) is 19.2 Å². The standard InChI is InChI=1S/C14H31N3O3S/c1-6-14-11-20-13(4)10-17(14)21(18,19)16(5)9-7-8-15-12(2)3/h12-15H,6-11H2,1-5H3. The van der Waals surface area contributed by atoms with Crippen LogP contribution in [0.4, 0.5) is 0 Å². The molecule has 7 heteroatoms. The Hall–Kier alpha value is -0.210. The molecule has 1 aliphatic rings. The maximum absolute atomic E-state index is 12.7. The largest absolute Gasteiger partial charge is 0.375 e. The van der Waals surface area contributed by atoms with E-state index in [1.165, 1.54) is 4.31 Å². The second-order valence-corrected chi connectivity index (χ2v) is 8.06. The molecule has 0 aromatic carbocycles. The molecular formula is C14H31N3O3S. The summed E-state index contributed by atoms with van der Waals surface area (Å²) in [5.74, 6) is 0. The smallest absolute Gasteiger partial charge is 0.282 e. The first-order valence-electron chi connectivity index (χ1n) is 7.87. The average molecular weight is 321 g/mol. The predicted molar refractivity (Wildman–Crippen MR) is 85.5 cm³/mol. The molecule has 0 saturated carbocycles. The van der Waals surface area contributed by atoms with E-state index in [1.807, 2.05) is 13.8 Å². The minimum Gasteiger partial charge on any atom is -0.375 e. The topological polar surface area (TPSA) is 61.9 Å². The maximum Gasteiger partial charge on any atom is 0.282 e. The summed E-state index contributed by atoms with van der Waals surface area (Å²) in [6, 6.07) is 0.374. The van der Waals surface area contributed by atoms with Crippen LogP contribution in [-0.4, -0.2) is 68.5 Å². The van der Waals surface area contributed by atoms with Crippen LogP contribution in [0.25, 0.3) is 0 Å². The van der Waals surface area contributed by atoms with Crippen molar-refractivity contribution in [2.75, 3.05) is 33.3 Å². The minimum atomic E-state index is -3.40. The van der Waals surface area contributed by atoms with Gasteiger partial charge in [0.15, 0.2) is 0 Å². The van der Waals surface area contributed by atoms with Crippen LogP contribution in [-0.2, 0) is 14.9 Å². The van der Waals surface area contributed by atoms with Crippen molar-refractivity contribution in [2.24, 2.45) is 0 Å². The molecule has 2 unspecified atom stereocenters. The average Bonchev–Trinajstić information content (AvgIpc) is 2.43. The molecule has 0 spiro atoms. The highest BCUT2D eigenvalue weighted by Gasteiger charge is 2.36. The summed E-state index contributed by atoms with van der Waals surface area (Å²) in [5.41, 5.74) is 0. The van der Waals surface area contributed by atoms with Crippen molar-refractivity contribution in [1.82, 2.24) is 13.9 Å². The third-order valence-corrected chi connectivity index (χ3v) is 5.79. The highest BCUT2D eigenvalue weighted by atomic mass is 32.2. The number of hydrogen-bond donors (Lipinski definition) is 1. The van der Waals surface area contributed by atoms with E-state index in [4.69, 9.17) is 4.74 Å². The van der Waals surface area contributed by atoms with Crippen LogP contribution in [0.5, 0.6) is 0 Å². The molecule has 0 aromatic rings. The zero-order chi connectivity index (χ0) is 16.0. The maximum atomic E-state index is 12.7. The van der Waals surface area contributed by atoms with E-state index in [9.17, 15) is 8.42 Å². The van der Waals surface area contributed by atoms with Gasteiger partial charge in [0.1, 0.15) is 0 Å². The van der Waals surface area contributed by atoms with Crippen molar-refractivity contribution in [3.05, 3.63) is 0 Å². The third-order valence-electron chi connectivity index (χ3n) is 3.78. The van der Waals surface area contributed by atoms with Crippen molar-refractivity contribution < 1.29 is 13.2 Å². The molecule has 1 fully saturated rings. The van der Waals surface area contributed by atoms with Crippen molar-refractivity contribution in [2.45, 2.75) is 58.7 Å². The molecule has 1 saturated heterocycles. The van der Waals surface area contributed by atoms with Crippen LogP contribution >= 0.6 is 0 Å². The number of hydrogen-bond acceptors (Lipinski definition) is 4. The minimum absolute atomic E-state index is 0.0430. The van der Waals surface area contributed by atoms with Gasteiger partial charge >= 0.3 is 0 Å². The summed E-state index contributed by atoms with van der Waals surface area (Å²) < 4.78 is 34.1. The first kappa shape index (κ1) is 18.8. The third kappa shape index (κ3) is 5.49. The van der Waals surface area contributed by atoms with Crippen LogP contribution in [0.1, 0.15) is 40.5 Å². The first-order valence-corrected chi connectivity index (χ1v) is 9.26. The normalized spacial score (nSPS) is 24.9. The summed E-state index contributed by atoms with van der Waals surface area (Å²) >= 11 is 0. The molecule has 2 atom stereocenters. The SMILES string of the molecule is CCC1COC(C)CN1S(=O)(=O)N(C)CCCNC(C)C. The van der Waals surface area contributed by atoms with Gasteiger partial charge in [-0.25, -0.2) is 0 Å². The fourth-order valence-electron chi connectivity index (χ4n) is 2.40. The highest BCUT2D eigenvalue weighted by molar-refractivity contribution is 7.86. The van der Waals surface area contributed by atoms with Crippen molar-refractivity contribution in [3.8, 4) is 0 Å². The number of rotatable bonds is 8. The van der Waals surface area contributed by atoms with Gasteiger partial charge in [-0.1, -0.05) is 20.8 Å². The summed E-state index contributed by atoms with van der Waals surface area (Å²) in [4.78, 5) is 0. The second-order valence-electron chi connectivity index (χ2n) is 6.07. The van der Waals surface area contributed by atoms with Gasteiger partial charge in [-0.05, 0) is 26.3 Å². The van der Waals surface area contributed by atoms with E-state index >= 15 is 0 Å². The molecule has 1 aliphatic heterocycles. The summed E-state index contributed by atoms with van der Waals surface area (Å²) in [6.07, 6.45) is 1.54. The van der Waals surface area contributed by atoms with Gasteiger partial charge < -0.3 is 10.1 Å². The molecule has 1 N–H and O–H groups in total. The van der Waals surface area contributed by atoms with Crippen molar-refractivity contribution in [1.29, 1.82) is 0 Å². The Morgan fingerprint density at radius 3 is 2.67 bits per heavy atom. The van der Waals surface area contributed by atoms with Crippen molar-refractivity contribution in [3.63, 3.8) is 0 Å². The van der Waals surface area contributed by atoms with Gasteiger partial charge in [-0.2, -0.15) is 17.0 Å². The Balaban J connectivity index is 2.60. The van der Waals surface area contributed by atoms with Crippen LogP contribution in [0.15, 0.2) is 0 Å². The van der Waals surface area contributed by atoms with E-state index in [-0.39, 0.29) is 12.1 Å². The van der Waals surface area contributed by atoms with E-state index < -0.39 is 10.2 Å². The molecule has 0 radical (unpaired) electrons. The first-order chi connectivity index (χ1) is 9.78. The number of nitrogens with one attached hydrogen (secondary N) is 1. The molecular weight excluding hydrogens is 290 g/mol. The summed E-state index contributed by atoms with van der Waals surface area (Å²) in [5, 5.41) is 3.30. The van der Waals surface area contributed by atoms with E-state index in [0.29, 0.717) is 25.7 Å². The quantitative estimate of drug-likeness (QED) is 0.679. The molecule has 126 valence electrons. The van der Waals surface area contributed by atoms with Crippen LogP contribution in [0.2, 0.25) is 0 Å².